The van der Waals surface area contributed by atoms with Crippen LogP contribution in [0, 0.1) is 0 Å². The van der Waals surface area contributed by atoms with Gasteiger partial charge in [-0.05, 0) is 19.8 Å². The fourth-order valence-electron chi connectivity index (χ4n) is 2.10. The van der Waals surface area contributed by atoms with Gasteiger partial charge in [-0.3, -0.25) is 0 Å². The van der Waals surface area contributed by atoms with Crippen molar-refractivity contribution in [3.63, 3.8) is 0 Å². The zero-order chi connectivity index (χ0) is 12.3. The Hall–Kier alpha value is -1.07. The first-order valence-corrected chi connectivity index (χ1v) is 6.22. The molecule has 0 spiro atoms. The summed E-state index contributed by atoms with van der Waals surface area (Å²) in [5, 5.41) is 0.435. The number of nitrogens with two attached hydrogens (primary N) is 1. The SMILES string of the molecule is CCOC1CCCN(c2ncnc(N)c2Cl)C1. The van der Waals surface area contributed by atoms with E-state index in [-0.39, 0.29) is 6.10 Å². The van der Waals surface area contributed by atoms with Gasteiger partial charge in [0.1, 0.15) is 17.2 Å². The van der Waals surface area contributed by atoms with Crippen molar-refractivity contribution in [3.05, 3.63) is 11.3 Å². The predicted molar refractivity (Wildman–Crippen MR) is 68.3 cm³/mol. The molecule has 1 unspecified atom stereocenters. The third kappa shape index (κ3) is 2.79. The number of nitrogen functional groups attached to an aromatic ring is 1. The second-order valence-corrected chi connectivity index (χ2v) is 4.44. The van der Waals surface area contributed by atoms with Gasteiger partial charge in [0.05, 0.1) is 6.10 Å². The van der Waals surface area contributed by atoms with Crippen LogP contribution >= 0.6 is 11.6 Å². The van der Waals surface area contributed by atoms with Crippen LogP contribution in [0.5, 0.6) is 0 Å². The van der Waals surface area contributed by atoms with E-state index in [0.29, 0.717) is 16.7 Å². The Morgan fingerprint density at radius 1 is 1.59 bits per heavy atom. The summed E-state index contributed by atoms with van der Waals surface area (Å²) in [6.07, 6.45) is 3.86. The maximum absolute atomic E-state index is 6.12. The molecular formula is C11H17ClN4O. The zero-order valence-electron chi connectivity index (χ0n) is 9.90. The number of nitrogens with zero attached hydrogens (tertiary/aromatic N) is 3. The first-order chi connectivity index (χ1) is 8.22. The standard InChI is InChI=1S/C11H17ClN4O/c1-2-17-8-4-3-5-16(6-8)11-9(12)10(13)14-7-15-11/h7-8H,2-6H2,1H3,(H2,13,14,15). The number of hydrogen-bond acceptors (Lipinski definition) is 5. The van der Waals surface area contributed by atoms with Gasteiger partial charge in [0.2, 0.25) is 0 Å². The molecule has 6 heteroatoms. The Labute approximate surface area is 106 Å². The van der Waals surface area contributed by atoms with E-state index in [1.165, 1.54) is 6.33 Å². The van der Waals surface area contributed by atoms with Crippen molar-refractivity contribution >= 4 is 23.2 Å². The molecule has 1 atom stereocenters. The van der Waals surface area contributed by atoms with Crippen LogP contribution in [0.25, 0.3) is 0 Å². The molecule has 94 valence electrons. The Bertz CT molecular complexity index is 386. The zero-order valence-corrected chi connectivity index (χ0v) is 10.7. The summed E-state index contributed by atoms with van der Waals surface area (Å²) in [7, 11) is 0. The second kappa shape index (κ2) is 5.51. The lowest BCUT2D eigenvalue weighted by Crippen LogP contribution is -2.40. The van der Waals surface area contributed by atoms with Crippen LogP contribution in [0.15, 0.2) is 6.33 Å². The van der Waals surface area contributed by atoms with E-state index in [0.717, 1.165) is 32.5 Å². The first-order valence-electron chi connectivity index (χ1n) is 5.85. The molecule has 1 aliphatic heterocycles. The van der Waals surface area contributed by atoms with E-state index >= 15 is 0 Å². The van der Waals surface area contributed by atoms with Gasteiger partial charge in [-0.2, -0.15) is 0 Å². The van der Waals surface area contributed by atoms with Crippen LogP contribution in [0.3, 0.4) is 0 Å². The average Bonchev–Trinajstić information content (AvgIpc) is 2.33. The van der Waals surface area contributed by atoms with Gasteiger partial charge in [0.25, 0.3) is 0 Å². The van der Waals surface area contributed by atoms with Gasteiger partial charge in [0.15, 0.2) is 5.82 Å². The lowest BCUT2D eigenvalue weighted by atomic mass is 10.1. The summed E-state index contributed by atoms with van der Waals surface area (Å²) in [5.41, 5.74) is 5.68. The fourth-order valence-corrected chi connectivity index (χ4v) is 2.31. The number of halogens is 1. The average molecular weight is 257 g/mol. The summed E-state index contributed by atoms with van der Waals surface area (Å²) in [6, 6.07) is 0. The van der Waals surface area contributed by atoms with Gasteiger partial charge < -0.3 is 15.4 Å². The highest BCUT2D eigenvalue weighted by Gasteiger charge is 2.23. The fraction of sp³-hybridized carbons (Fsp3) is 0.636. The highest BCUT2D eigenvalue weighted by molar-refractivity contribution is 6.35. The third-order valence-corrected chi connectivity index (χ3v) is 3.24. The van der Waals surface area contributed by atoms with Crippen molar-refractivity contribution in [3.8, 4) is 0 Å². The molecule has 1 aliphatic rings. The summed E-state index contributed by atoms with van der Waals surface area (Å²) in [6.45, 7) is 4.48. The van der Waals surface area contributed by atoms with Gasteiger partial charge in [-0.15, -0.1) is 0 Å². The molecule has 0 aliphatic carbocycles. The van der Waals surface area contributed by atoms with Crippen LogP contribution < -0.4 is 10.6 Å². The highest BCUT2D eigenvalue weighted by Crippen LogP contribution is 2.29. The second-order valence-electron chi connectivity index (χ2n) is 4.06. The number of aromatic nitrogens is 2. The summed E-state index contributed by atoms with van der Waals surface area (Å²) >= 11 is 6.12. The van der Waals surface area contributed by atoms with Gasteiger partial charge in [-0.25, -0.2) is 9.97 Å². The van der Waals surface area contributed by atoms with E-state index < -0.39 is 0 Å². The molecule has 0 radical (unpaired) electrons. The Balaban J connectivity index is 2.13. The summed E-state index contributed by atoms with van der Waals surface area (Å²) in [5.74, 6) is 1.04. The maximum atomic E-state index is 6.12. The Morgan fingerprint density at radius 2 is 2.41 bits per heavy atom. The van der Waals surface area contributed by atoms with Crippen molar-refractivity contribution in [2.24, 2.45) is 0 Å². The van der Waals surface area contributed by atoms with E-state index in [1.807, 2.05) is 6.92 Å². The molecule has 0 bridgehead atoms. The number of piperidine rings is 1. The van der Waals surface area contributed by atoms with Crippen LogP contribution in [0.2, 0.25) is 5.02 Å². The van der Waals surface area contributed by atoms with E-state index in [2.05, 4.69) is 14.9 Å². The summed E-state index contributed by atoms with van der Waals surface area (Å²) in [4.78, 5) is 10.2. The molecule has 17 heavy (non-hydrogen) atoms. The topological polar surface area (TPSA) is 64.3 Å². The number of hydrogen-bond donors (Lipinski definition) is 1. The van der Waals surface area contributed by atoms with Crippen molar-refractivity contribution in [1.82, 2.24) is 9.97 Å². The molecule has 2 heterocycles. The number of rotatable bonds is 3. The van der Waals surface area contributed by atoms with E-state index in [4.69, 9.17) is 22.1 Å². The molecule has 2 N–H and O–H groups in total. The molecule has 1 aromatic heterocycles. The normalized spacial score (nSPS) is 20.6. The highest BCUT2D eigenvalue weighted by atomic mass is 35.5. The Morgan fingerprint density at radius 3 is 3.18 bits per heavy atom. The molecular weight excluding hydrogens is 240 g/mol. The van der Waals surface area contributed by atoms with E-state index in [1.54, 1.807) is 0 Å². The molecule has 0 amide bonds. The van der Waals surface area contributed by atoms with Gasteiger partial charge in [0, 0.05) is 19.7 Å². The first kappa shape index (κ1) is 12.4. The Kier molecular flexibility index (Phi) is 4.02. The molecule has 1 fully saturated rings. The van der Waals surface area contributed by atoms with Gasteiger partial charge >= 0.3 is 0 Å². The lowest BCUT2D eigenvalue weighted by Gasteiger charge is -2.33. The molecule has 5 nitrogen and oxygen atoms in total. The molecule has 1 saturated heterocycles. The van der Waals surface area contributed by atoms with Crippen molar-refractivity contribution < 1.29 is 4.74 Å². The van der Waals surface area contributed by atoms with Crippen molar-refractivity contribution in [1.29, 1.82) is 0 Å². The van der Waals surface area contributed by atoms with Crippen LogP contribution in [0.4, 0.5) is 11.6 Å². The minimum absolute atomic E-state index is 0.251. The van der Waals surface area contributed by atoms with E-state index in [9.17, 15) is 0 Å². The maximum Gasteiger partial charge on any atom is 0.153 e. The van der Waals surface area contributed by atoms with Crippen molar-refractivity contribution in [2.45, 2.75) is 25.9 Å². The molecule has 1 aromatic rings. The third-order valence-electron chi connectivity index (χ3n) is 2.88. The predicted octanol–water partition coefficient (Wildman–Crippen LogP) is 1.72. The molecule has 0 aromatic carbocycles. The molecule has 2 rings (SSSR count). The number of anilines is 2. The van der Waals surface area contributed by atoms with Crippen LogP contribution in [0.1, 0.15) is 19.8 Å². The smallest absolute Gasteiger partial charge is 0.153 e. The summed E-state index contributed by atoms with van der Waals surface area (Å²) < 4.78 is 5.65. The minimum Gasteiger partial charge on any atom is -0.382 e. The van der Waals surface area contributed by atoms with Crippen LogP contribution in [-0.4, -0.2) is 35.8 Å². The van der Waals surface area contributed by atoms with Gasteiger partial charge in [-0.1, -0.05) is 11.6 Å². The molecule has 0 saturated carbocycles. The largest absolute Gasteiger partial charge is 0.382 e. The minimum atomic E-state index is 0.251. The van der Waals surface area contributed by atoms with Crippen LogP contribution in [-0.2, 0) is 4.74 Å². The monoisotopic (exact) mass is 256 g/mol. The number of ether oxygens (including phenoxy) is 1. The lowest BCUT2D eigenvalue weighted by molar-refractivity contribution is 0.0525. The van der Waals surface area contributed by atoms with Crippen molar-refractivity contribution in [2.75, 3.05) is 30.3 Å². The quantitative estimate of drug-likeness (QED) is 0.892.